The molecule has 6 heteroatoms. The number of hydrogen-bond donors (Lipinski definition) is 0. The number of fused-ring (bicyclic) bond motifs is 1. The van der Waals surface area contributed by atoms with Crippen molar-refractivity contribution in [1.82, 2.24) is 4.57 Å². The molecule has 1 heterocycles. The van der Waals surface area contributed by atoms with Gasteiger partial charge in [-0.15, -0.1) is 0 Å². The van der Waals surface area contributed by atoms with E-state index in [1.807, 2.05) is 0 Å². The molecule has 0 aliphatic heterocycles. The minimum atomic E-state index is -1.58. The van der Waals surface area contributed by atoms with E-state index in [1.165, 1.54) is 19.2 Å². The van der Waals surface area contributed by atoms with E-state index in [0.29, 0.717) is 0 Å². The van der Waals surface area contributed by atoms with Gasteiger partial charge in [-0.3, -0.25) is 4.79 Å². The molecule has 0 fully saturated rings. The zero-order valence-electron chi connectivity index (χ0n) is 8.02. The van der Waals surface area contributed by atoms with Crippen LogP contribution in [0.15, 0.2) is 21.4 Å². The fourth-order valence-electron chi connectivity index (χ4n) is 1.49. The molecule has 0 bridgehead atoms. The molecular formula is C10H5BrF3NO. The van der Waals surface area contributed by atoms with Gasteiger partial charge in [-0.2, -0.15) is 4.39 Å². The van der Waals surface area contributed by atoms with E-state index < -0.39 is 28.4 Å². The molecule has 0 amide bonds. The van der Waals surface area contributed by atoms with Crippen LogP contribution in [0.4, 0.5) is 13.2 Å². The van der Waals surface area contributed by atoms with Crippen molar-refractivity contribution in [2.75, 3.05) is 0 Å². The van der Waals surface area contributed by atoms with E-state index in [4.69, 9.17) is 0 Å². The summed E-state index contributed by atoms with van der Waals surface area (Å²) in [5.74, 6) is -3.96. The van der Waals surface area contributed by atoms with E-state index in [1.54, 1.807) is 0 Å². The lowest BCUT2D eigenvalue weighted by Crippen LogP contribution is -2.22. The van der Waals surface area contributed by atoms with Crippen LogP contribution in [0.25, 0.3) is 10.9 Å². The zero-order valence-corrected chi connectivity index (χ0v) is 9.61. The molecule has 0 aliphatic carbocycles. The number of hydrogen-bond acceptors (Lipinski definition) is 1. The van der Waals surface area contributed by atoms with Crippen LogP contribution in [0.1, 0.15) is 0 Å². The number of rotatable bonds is 0. The van der Waals surface area contributed by atoms with Gasteiger partial charge in [0.1, 0.15) is 5.82 Å². The molecule has 16 heavy (non-hydrogen) atoms. The van der Waals surface area contributed by atoms with Gasteiger partial charge in [-0.1, -0.05) is 0 Å². The van der Waals surface area contributed by atoms with Gasteiger partial charge in [0.25, 0.3) is 5.56 Å². The Balaban J connectivity index is 3.15. The predicted molar refractivity (Wildman–Crippen MR) is 56.8 cm³/mol. The van der Waals surface area contributed by atoms with Crippen molar-refractivity contribution >= 4 is 26.8 Å². The lowest BCUT2D eigenvalue weighted by molar-refractivity contribution is 0.492. The Kier molecular flexibility index (Phi) is 2.53. The minimum absolute atomic E-state index is 0.00426. The SMILES string of the molecule is Cn1c(=O)c(F)c(F)c2c(F)c(Br)ccc21. The maximum absolute atomic E-state index is 13.6. The Hall–Kier alpha value is -1.30. The van der Waals surface area contributed by atoms with Gasteiger partial charge in [-0.05, 0) is 28.1 Å². The van der Waals surface area contributed by atoms with Crippen molar-refractivity contribution in [3.05, 3.63) is 44.4 Å². The van der Waals surface area contributed by atoms with Crippen molar-refractivity contribution in [3.8, 4) is 0 Å². The highest BCUT2D eigenvalue weighted by atomic mass is 79.9. The average Bonchev–Trinajstić information content (AvgIpc) is 2.27. The van der Waals surface area contributed by atoms with Crippen LogP contribution in [0.5, 0.6) is 0 Å². The Labute approximate surface area is 96.4 Å². The topological polar surface area (TPSA) is 22.0 Å². The zero-order chi connectivity index (χ0) is 12.0. The number of benzene rings is 1. The van der Waals surface area contributed by atoms with Crippen molar-refractivity contribution in [1.29, 1.82) is 0 Å². The summed E-state index contributed by atoms with van der Waals surface area (Å²) in [5.41, 5.74) is -1.11. The molecule has 0 saturated heterocycles. The quantitative estimate of drug-likeness (QED) is 0.732. The largest absolute Gasteiger partial charge is 0.309 e. The first-order chi connectivity index (χ1) is 7.45. The second-order valence-corrected chi connectivity index (χ2v) is 4.10. The highest BCUT2D eigenvalue weighted by Gasteiger charge is 2.19. The Morgan fingerprint density at radius 2 is 1.75 bits per heavy atom. The minimum Gasteiger partial charge on any atom is -0.309 e. The molecule has 0 saturated carbocycles. The molecule has 0 aliphatic rings. The second kappa shape index (κ2) is 3.62. The van der Waals surface area contributed by atoms with E-state index in [2.05, 4.69) is 15.9 Å². The van der Waals surface area contributed by atoms with Gasteiger partial charge in [0.2, 0.25) is 5.82 Å². The van der Waals surface area contributed by atoms with Gasteiger partial charge >= 0.3 is 0 Å². The van der Waals surface area contributed by atoms with Gasteiger partial charge < -0.3 is 4.57 Å². The summed E-state index contributed by atoms with van der Waals surface area (Å²) in [4.78, 5) is 11.2. The molecule has 1 aromatic heterocycles. The molecule has 2 aromatic rings. The third-order valence-corrected chi connectivity index (χ3v) is 2.95. The van der Waals surface area contributed by atoms with Crippen molar-refractivity contribution < 1.29 is 13.2 Å². The molecule has 2 rings (SSSR count). The molecule has 0 N–H and O–H groups in total. The van der Waals surface area contributed by atoms with E-state index >= 15 is 0 Å². The van der Waals surface area contributed by atoms with Crippen LogP contribution in [0, 0.1) is 17.5 Å². The smallest absolute Gasteiger partial charge is 0.289 e. The maximum atomic E-state index is 13.6. The highest BCUT2D eigenvalue weighted by molar-refractivity contribution is 9.10. The summed E-state index contributed by atoms with van der Waals surface area (Å²) in [6, 6.07) is 2.67. The molecule has 84 valence electrons. The number of halogens is 4. The molecule has 1 aromatic carbocycles. The van der Waals surface area contributed by atoms with E-state index in [9.17, 15) is 18.0 Å². The van der Waals surface area contributed by atoms with Crippen molar-refractivity contribution in [2.45, 2.75) is 0 Å². The first-order valence-electron chi connectivity index (χ1n) is 4.27. The van der Waals surface area contributed by atoms with E-state index in [-0.39, 0.29) is 9.99 Å². The summed E-state index contributed by atoms with van der Waals surface area (Å²) in [6.07, 6.45) is 0. The molecule has 0 spiro atoms. The Morgan fingerprint density at radius 1 is 1.12 bits per heavy atom. The predicted octanol–water partition coefficient (Wildman–Crippen LogP) is 2.72. The lowest BCUT2D eigenvalue weighted by Gasteiger charge is -2.08. The first-order valence-corrected chi connectivity index (χ1v) is 5.06. The Bertz CT molecular complexity index is 651. The molecule has 0 radical (unpaired) electrons. The summed E-state index contributed by atoms with van der Waals surface area (Å²) in [5, 5.41) is -0.533. The fraction of sp³-hybridized carbons (Fsp3) is 0.100. The summed E-state index contributed by atoms with van der Waals surface area (Å²) in [7, 11) is 1.25. The summed E-state index contributed by atoms with van der Waals surface area (Å²) in [6.45, 7) is 0. The third-order valence-electron chi connectivity index (χ3n) is 2.34. The number of aryl methyl sites for hydroxylation is 1. The van der Waals surface area contributed by atoms with Crippen molar-refractivity contribution in [3.63, 3.8) is 0 Å². The number of aromatic nitrogens is 1. The molecule has 0 unspecified atom stereocenters. The normalized spacial score (nSPS) is 11.1. The molecular weight excluding hydrogens is 287 g/mol. The average molecular weight is 292 g/mol. The second-order valence-electron chi connectivity index (χ2n) is 3.25. The van der Waals surface area contributed by atoms with Crippen LogP contribution < -0.4 is 5.56 Å². The van der Waals surface area contributed by atoms with Crippen LogP contribution in [0.2, 0.25) is 0 Å². The van der Waals surface area contributed by atoms with Gasteiger partial charge in [0.05, 0.1) is 15.4 Å². The molecule has 0 atom stereocenters. The highest BCUT2D eigenvalue weighted by Crippen LogP contribution is 2.26. The van der Waals surface area contributed by atoms with Crippen LogP contribution >= 0.6 is 15.9 Å². The van der Waals surface area contributed by atoms with Gasteiger partial charge in [0.15, 0.2) is 5.82 Å². The first kappa shape index (κ1) is 11.2. The maximum Gasteiger partial charge on any atom is 0.289 e. The summed E-state index contributed by atoms with van der Waals surface area (Å²) < 4.78 is 41.0. The van der Waals surface area contributed by atoms with E-state index in [0.717, 1.165) is 4.57 Å². The summed E-state index contributed by atoms with van der Waals surface area (Å²) >= 11 is 2.87. The van der Waals surface area contributed by atoms with Crippen LogP contribution in [-0.2, 0) is 7.05 Å². The number of nitrogens with zero attached hydrogens (tertiary/aromatic N) is 1. The van der Waals surface area contributed by atoms with Crippen LogP contribution in [0.3, 0.4) is 0 Å². The van der Waals surface area contributed by atoms with Crippen molar-refractivity contribution in [2.24, 2.45) is 7.05 Å². The fourth-order valence-corrected chi connectivity index (χ4v) is 1.82. The standard InChI is InChI=1S/C10H5BrF3NO/c1-15-5-3-2-4(11)7(12)6(5)8(13)9(14)10(15)16/h2-3H,1H3. The number of pyridine rings is 1. The van der Waals surface area contributed by atoms with Gasteiger partial charge in [-0.25, -0.2) is 8.78 Å². The molecule has 2 nitrogen and oxygen atoms in total. The lowest BCUT2D eigenvalue weighted by atomic mass is 10.2. The van der Waals surface area contributed by atoms with Gasteiger partial charge in [0, 0.05) is 7.05 Å². The Morgan fingerprint density at radius 3 is 2.38 bits per heavy atom. The monoisotopic (exact) mass is 291 g/mol. The third kappa shape index (κ3) is 1.36. The van der Waals surface area contributed by atoms with Crippen LogP contribution in [-0.4, -0.2) is 4.57 Å².